The van der Waals surface area contributed by atoms with E-state index in [1.165, 1.54) is 0 Å². The number of amides is 1. The van der Waals surface area contributed by atoms with Crippen molar-refractivity contribution in [3.05, 3.63) is 48.0 Å². The van der Waals surface area contributed by atoms with Gasteiger partial charge in [0.15, 0.2) is 5.82 Å². The number of aromatic hydroxyl groups is 1. The molecule has 2 aromatic carbocycles. The van der Waals surface area contributed by atoms with Gasteiger partial charge in [0.2, 0.25) is 0 Å². The fourth-order valence-corrected chi connectivity index (χ4v) is 4.71. The van der Waals surface area contributed by atoms with Gasteiger partial charge in [0.1, 0.15) is 11.6 Å². The molecule has 7 heteroatoms. The lowest BCUT2D eigenvalue weighted by Gasteiger charge is -2.30. The Morgan fingerprint density at radius 3 is 2.67 bits per heavy atom. The number of hydrogen-bond donors (Lipinski definition) is 3. The van der Waals surface area contributed by atoms with Crippen molar-refractivity contribution < 1.29 is 15.0 Å². The predicted octanol–water partition coefficient (Wildman–Crippen LogP) is 5.21. The number of nitrogens with one attached hydrogen (secondary N) is 1. The van der Waals surface area contributed by atoms with Crippen LogP contribution in [0.25, 0.3) is 22.3 Å². The molecule has 1 aliphatic rings. The van der Waals surface area contributed by atoms with Gasteiger partial charge in [-0.2, -0.15) is 0 Å². The molecule has 33 heavy (non-hydrogen) atoms. The van der Waals surface area contributed by atoms with Crippen molar-refractivity contribution in [2.45, 2.75) is 46.6 Å². The summed E-state index contributed by atoms with van der Waals surface area (Å²) in [4.78, 5) is 23.3. The third-order valence-corrected chi connectivity index (χ3v) is 6.21. The van der Waals surface area contributed by atoms with Crippen molar-refractivity contribution in [1.29, 1.82) is 0 Å². The van der Waals surface area contributed by atoms with E-state index in [1.807, 2.05) is 31.2 Å². The SMILES string of the molecule is Cc1ccc2c(N3CC[C@H](C(CC(C)(C)C)NC(=O)O)C3)nc(-c3ccccc3O)nc2c1. The van der Waals surface area contributed by atoms with E-state index in [4.69, 9.17) is 9.97 Å². The minimum absolute atomic E-state index is 0.0116. The van der Waals surface area contributed by atoms with Gasteiger partial charge in [-0.15, -0.1) is 0 Å². The molecule has 0 saturated carbocycles. The molecule has 3 aromatic rings. The minimum atomic E-state index is -0.979. The molecule has 1 fully saturated rings. The van der Waals surface area contributed by atoms with Crippen molar-refractivity contribution in [3.63, 3.8) is 0 Å². The summed E-state index contributed by atoms with van der Waals surface area (Å²) in [7, 11) is 0. The Hall–Kier alpha value is -3.35. The number of carbonyl (C=O) groups is 1. The van der Waals surface area contributed by atoms with E-state index in [2.05, 4.69) is 37.1 Å². The number of rotatable bonds is 5. The summed E-state index contributed by atoms with van der Waals surface area (Å²) in [6.45, 7) is 9.93. The highest BCUT2D eigenvalue weighted by atomic mass is 16.4. The van der Waals surface area contributed by atoms with Crippen LogP contribution in [0.15, 0.2) is 42.5 Å². The minimum Gasteiger partial charge on any atom is -0.507 e. The molecule has 3 N–H and O–H groups in total. The molecule has 1 amide bonds. The summed E-state index contributed by atoms with van der Waals surface area (Å²) in [6.07, 6.45) is 0.669. The van der Waals surface area contributed by atoms with E-state index in [-0.39, 0.29) is 23.1 Å². The topological polar surface area (TPSA) is 98.6 Å². The van der Waals surface area contributed by atoms with Crippen molar-refractivity contribution in [2.75, 3.05) is 18.0 Å². The largest absolute Gasteiger partial charge is 0.507 e. The van der Waals surface area contributed by atoms with Gasteiger partial charge in [0, 0.05) is 24.5 Å². The first kappa shape index (κ1) is 22.8. The number of fused-ring (bicyclic) bond motifs is 1. The molecule has 0 bridgehead atoms. The number of anilines is 1. The Morgan fingerprint density at radius 1 is 1.21 bits per heavy atom. The van der Waals surface area contributed by atoms with Gasteiger partial charge in [-0.05, 0) is 60.9 Å². The zero-order chi connectivity index (χ0) is 23.8. The first-order chi connectivity index (χ1) is 15.6. The summed E-state index contributed by atoms with van der Waals surface area (Å²) < 4.78 is 0. The van der Waals surface area contributed by atoms with Crippen LogP contribution < -0.4 is 10.2 Å². The summed E-state index contributed by atoms with van der Waals surface area (Å²) in [5.74, 6) is 1.64. The molecular formula is C26H32N4O3. The van der Waals surface area contributed by atoms with Crippen LogP contribution in [0.2, 0.25) is 0 Å². The molecule has 4 rings (SSSR count). The van der Waals surface area contributed by atoms with Crippen LogP contribution in [0.3, 0.4) is 0 Å². The number of benzene rings is 2. The van der Waals surface area contributed by atoms with E-state index in [1.54, 1.807) is 12.1 Å². The second-order valence-corrected chi connectivity index (χ2v) is 10.2. The molecule has 0 radical (unpaired) electrons. The first-order valence-electron chi connectivity index (χ1n) is 11.4. The standard InChI is InChI=1S/C26H32N4O3/c1-16-9-10-18-20(13-16)27-23(19-7-5-6-8-22(19)31)29-24(18)30-12-11-17(15-30)21(28-25(32)33)14-26(2,3)4/h5-10,13,17,21,28,31H,11-12,14-15H2,1-4H3,(H,32,33)/t17-,21?/m0/s1. The van der Waals surface area contributed by atoms with E-state index in [9.17, 15) is 15.0 Å². The lowest BCUT2D eigenvalue weighted by Crippen LogP contribution is -2.43. The highest BCUT2D eigenvalue weighted by molar-refractivity contribution is 5.92. The van der Waals surface area contributed by atoms with Crippen molar-refractivity contribution in [3.8, 4) is 17.1 Å². The monoisotopic (exact) mass is 448 g/mol. The number of phenolic OH excluding ortho intramolecular Hbond substituents is 1. The highest BCUT2D eigenvalue weighted by Gasteiger charge is 2.34. The Morgan fingerprint density at radius 2 is 1.97 bits per heavy atom. The number of carboxylic acid groups (broad SMARTS) is 1. The Balaban J connectivity index is 1.72. The van der Waals surface area contributed by atoms with E-state index >= 15 is 0 Å². The molecule has 1 aliphatic heterocycles. The summed E-state index contributed by atoms with van der Waals surface area (Å²) in [6, 6.07) is 13.1. The van der Waals surface area contributed by atoms with Gasteiger partial charge >= 0.3 is 6.09 Å². The molecule has 2 heterocycles. The van der Waals surface area contributed by atoms with Crippen LogP contribution in [-0.4, -0.2) is 45.4 Å². The van der Waals surface area contributed by atoms with Crippen molar-refractivity contribution >= 4 is 22.8 Å². The molecule has 7 nitrogen and oxygen atoms in total. The van der Waals surface area contributed by atoms with Crippen LogP contribution in [0, 0.1) is 18.3 Å². The third-order valence-electron chi connectivity index (χ3n) is 6.21. The number of para-hydroxylation sites is 1. The Labute approximate surface area is 194 Å². The van der Waals surface area contributed by atoms with Gasteiger partial charge in [0.05, 0.1) is 11.1 Å². The Bertz CT molecular complexity index is 1170. The fourth-order valence-electron chi connectivity index (χ4n) is 4.71. The molecule has 1 unspecified atom stereocenters. The number of hydrogen-bond acceptors (Lipinski definition) is 5. The summed E-state index contributed by atoms with van der Waals surface area (Å²) in [5, 5.41) is 23.5. The number of aromatic nitrogens is 2. The lowest BCUT2D eigenvalue weighted by atomic mass is 9.82. The van der Waals surface area contributed by atoms with Gasteiger partial charge < -0.3 is 20.4 Å². The maximum Gasteiger partial charge on any atom is 0.404 e. The molecule has 0 spiro atoms. The summed E-state index contributed by atoms with van der Waals surface area (Å²) in [5.41, 5.74) is 2.54. The van der Waals surface area contributed by atoms with E-state index < -0.39 is 6.09 Å². The fraction of sp³-hybridized carbons (Fsp3) is 0.423. The zero-order valence-corrected chi connectivity index (χ0v) is 19.7. The van der Waals surface area contributed by atoms with Crippen LogP contribution in [-0.2, 0) is 0 Å². The molecular weight excluding hydrogens is 416 g/mol. The van der Waals surface area contributed by atoms with Crippen LogP contribution >= 0.6 is 0 Å². The second kappa shape index (κ2) is 8.89. The third kappa shape index (κ3) is 5.18. The predicted molar refractivity (Wildman–Crippen MR) is 131 cm³/mol. The van der Waals surface area contributed by atoms with Crippen molar-refractivity contribution in [2.24, 2.45) is 11.3 Å². The van der Waals surface area contributed by atoms with Gasteiger partial charge in [-0.3, -0.25) is 0 Å². The van der Waals surface area contributed by atoms with Crippen LogP contribution in [0.5, 0.6) is 5.75 Å². The number of phenols is 1. The smallest absolute Gasteiger partial charge is 0.404 e. The van der Waals surface area contributed by atoms with Gasteiger partial charge in [-0.1, -0.05) is 39.0 Å². The Kier molecular flexibility index (Phi) is 6.15. The van der Waals surface area contributed by atoms with Crippen LogP contribution in [0.4, 0.5) is 10.6 Å². The molecule has 1 aromatic heterocycles. The second-order valence-electron chi connectivity index (χ2n) is 10.2. The average Bonchev–Trinajstić information content (AvgIpc) is 3.21. The van der Waals surface area contributed by atoms with Gasteiger partial charge in [-0.25, -0.2) is 14.8 Å². The van der Waals surface area contributed by atoms with Crippen molar-refractivity contribution in [1.82, 2.24) is 15.3 Å². The van der Waals surface area contributed by atoms with Gasteiger partial charge in [0.25, 0.3) is 0 Å². The highest BCUT2D eigenvalue weighted by Crippen LogP contribution is 2.36. The van der Waals surface area contributed by atoms with E-state index in [0.717, 1.165) is 41.7 Å². The van der Waals surface area contributed by atoms with E-state index in [0.29, 0.717) is 17.9 Å². The summed E-state index contributed by atoms with van der Waals surface area (Å²) >= 11 is 0. The average molecular weight is 449 g/mol. The molecule has 0 aliphatic carbocycles. The normalized spacial score (nSPS) is 17.3. The molecule has 2 atom stereocenters. The first-order valence-corrected chi connectivity index (χ1v) is 11.4. The maximum atomic E-state index is 11.5. The lowest BCUT2D eigenvalue weighted by molar-refractivity contribution is 0.176. The molecule has 174 valence electrons. The number of nitrogens with zero attached hydrogens (tertiary/aromatic N) is 3. The van der Waals surface area contributed by atoms with Crippen LogP contribution in [0.1, 0.15) is 39.2 Å². The number of aryl methyl sites for hydroxylation is 1. The maximum absolute atomic E-state index is 11.5. The molecule has 1 saturated heterocycles. The zero-order valence-electron chi connectivity index (χ0n) is 19.7. The quantitative estimate of drug-likeness (QED) is 0.496.